The quantitative estimate of drug-likeness (QED) is 0.779. The molecule has 0 radical (unpaired) electrons. The van der Waals surface area contributed by atoms with Crippen molar-refractivity contribution in [2.75, 3.05) is 11.9 Å². The molecule has 1 N–H and O–H groups in total. The third-order valence-electron chi connectivity index (χ3n) is 2.69. The van der Waals surface area contributed by atoms with E-state index in [9.17, 15) is 0 Å². The van der Waals surface area contributed by atoms with Crippen LogP contribution in [0.5, 0.6) is 0 Å². The molecular weight excluding hydrogens is 244 g/mol. The number of nitrogens with one attached hydrogen (secondary N) is 1. The molecule has 3 heterocycles. The van der Waals surface area contributed by atoms with Crippen molar-refractivity contribution >= 4 is 27.4 Å². The second-order valence-electron chi connectivity index (χ2n) is 3.90. The predicted octanol–water partition coefficient (Wildman–Crippen LogP) is 2.74. The highest BCUT2D eigenvalue weighted by Crippen LogP contribution is 2.23. The van der Waals surface area contributed by atoms with E-state index in [-0.39, 0.29) is 0 Å². The van der Waals surface area contributed by atoms with Crippen molar-refractivity contribution in [1.82, 2.24) is 15.0 Å². The molecule has 0 atom stereocenters. The van der Waals surface area contributed by atoms with E-state index in [2.05, 4.69) is 26.3 Å². The molecule has 4 nitrogen and oxygen atoms in total. The molecule has 0 unspecified atom stereocenters. The third-order valence-corrected chi connectivity index (χ3v) is 3.51. The molecule has 0 aliphatic carbocycles. The van der Waals surface area contributed by atoms with Crippen LogP contribution in [0.1, 0.15) is 5.56 Å². The number of nitrogens with zero attached hydrogens (tertiary/aromatic N) is 3. The van der Waals surface area contributed by atoms with Crippen molar-refractivity contribution < 1.29 is 0 Å². The van der Waals surface area contributed by atoms with Gasteiger partial charge < -0.3 is 5.32 Å². The molecule has 0 amide bonds. The Balaban J connectivity index is 1.68. The van der Waals surface area contributed by atoms with Crippen LogP contribution in [0.25, 0.3) is 10.2 Å². The average Bonchev–Trinajstić information content (AvgIpc) is 2.89. The van der Waals surface area contributed by atoms with Crippen LogP contribution in [0.4, 0.5) is 5.82 Å². The molecule has 0 aliphatic rings. The maximum Gasteiger partial charge on any atom is 0.138 e. The first-order valence-corrected chi connectivity index (χ1v) is 6.62. The van der Waals surface area contributed by atoms with Gasteiger partial charge in [0, 0.05) is 18.9 Å². The zero-order valence-electron chi connectivity index (χ0n) is 9.71. The van der Waals surface area contributed by atoms with Crippen LogP contribution in [0.2, 0.25) is 0 Å². The molecule has 0 aromatic carbocycles. The van der Waals surface area contributed by atoms with Crippen LogP contribution in [-0.4, -0.2) is 21.5 Å². The van der Waals surface area contributed by atoms with Gasteiger partial charge in [0.1, 0.15) is 17.0 Å². The summed E-state index contributed by atoms with van der Waals surface area (Å²) in [5, 5.41) is 6.47. The molecular formula is C13H12N4S. The normalized spacial score (nSPS) is 10.7. The summed E-state index contributed by atoms with van der Waals surface area (Å²) in [7, 11) is 0. The molecule has 3 aromatic rings. The SMILES string of the molecule is c1cncc(CCNc2ncnc3sccc23)c1. The van der Waals surface area contributed by atoms with Crippen molar-refractivity contribution in [3.05, 3.63) is 47.9 Å². The number of thiophene rings is 1. The lowest BCUT2D eigenvalue weighted by atomic mass is 10.2. The fourth-order valence-electron chi connectivity index (χ4n) is 1.80. The van der Waals surface area contributed by atoms with Gasteiger partial charge in [0.05, 0.1) is 5.39 Å². The number of fused-ring (bicyclic) bond motifs is 1. The molecule has 5 heteroatoms. The van der Waals surface area contributed by atoms with Crippen LogP contribution in [-0.2, 0) is 6.42 Å². The van der Waals surface area contributed by atoms with Crippen molar-refractivity contribution in [2.45, 2.75) is 6.42 Å². The summed E-state index contributed by atoms with van der Waals surface area (Å²) in [5.74, 6) is 0.908. The number of hydrogen-bond donors (Lipinski definition) is 1. The monoisotopic (exact) mass is 256 g/mol. The zero-order chi connectivity index (χ0) is 12.2. The minimum Gasteiger partial charge on any atom is -0.369 e. The van der Waals surface area contributed by atoms with Crippen LogP contribution in [0.3, 0.4) is 0 Å². The summed E-state index contributed by atoms with van der Waals surface area (Å²) in [6.07, 6.45) is 6.22. The summed E-state index contributed by atoms with van der Waals surface area (Å²) in [4.78, 5) is 13.6. The Kier molecular flexibility index (Phi) is 3.14. The van der Waals surface area contributed by atoms with Crippen LogP contribution < -0.4 is 5.32 Å². The second kappa shape index (κ2) is 5.10. The molecule has 18 heavy (non-hydrogen) atoms. The first-order chi connectivity index (χ1) is 8.93. The molecule has 3 aromatic heterocycles. The molecule has 0 saturated heterocycles. The van der Waals surface area contributed by atoms with Gasteiger partial charge in [-0.25, -0.2) is 9.97 Å². The molecule has 0 aliphatic heterocycles. The van der Waals surface area contributed by atoms with Crippen LogP contribution in [0.15, 0.2) is 42.3 Å². The van der Waals surface area contributed by atoms with Gasteiger partial charge in [-0.1, -0.05) is 6.07 Å². The number of hydrogen-bond acceptors (Lipinski definition) is 5. The average molecular weight is 256 g/mol. The van der Waals surface area contributed by atoms with E-state index in [1.807, 2.05) is 23.7 Å². The smallest absolute Gasteiger partial charge is 0.138 e. The summed E-state index contributed by atoms with van der Waals surface area (Å²) in [6.45, 7) is 0.841. The Morgan fingerprint density at radius 3 is 3.11 bits per heavy atom. The fourth-order valence-corrected chi connectivity index (χ4v) is 2.53. The highest BCUT2D eigenvalue weighted by atomic mass is 32.1. The molecule has 0 bridgehead atoms. The standard InChI is InChI=1S/C13H12N4S/c1-2-10(8-14-5-1)3-6-15-12-11-4-7-18-13(11)17-9-16-12/h1-2,4-5,7-9H,3,6H2,(H,15,16,17). The van der Waals surface area contributed by atoms with Gasteiger partial charge in [-0.3, -0.25) is 4.98 Å². The van der Waals surface area contributed by atoms with Crippen molar-refractivity contribution in [2.24, 2.45) is 0 Å². The molecule has 90 valence electrons. The third kappa shape index (κ3) is 2.31. The zero-order valence-corrected chi connectivity index (χ0v) is 10.5. The van der Waals surface area contributed by atoms with E-state index < -0.39 is 0 Å². The van der Waals surface area contributed by atoms with Crippen LogP contribution in [0, 0.1) is 0 Å². The van der Waals surface area contributed by atoms with Gasteiger partial charge in [0.15, 0.2) is 0 Å². The largest absolute Gasteiger partial charge is 0.369 e. The fraction of sp³-hybridized carbons (Fsp3) is 0.154. The minimum absolute atomic E-state index is 0.841. The van der Waals surface area contributed by atoms with Gasteiger partial charge in [0.25, 0.3) is 0 Å². The van der Waals surface area contributed by atoms with E-state index in [0.29, 0.717) is 0 Å². The van der Waals surface area contributed by atoms with E-state index in [1.165, 1.54) is 5.56 Å². The Morgan fingerprint density at radius 1 is 1.22 bits per heavy atom. The van der Waals surface area contributed by atoms with E-state index in [0.717, 1.165) is 29.0 Å². The summed E-state index contributed by atoms with van der Waals surface area (Å²) < 4.78 is 0. The first-order valence-electron chi connectivity index (χ1n) is 5.74. The lowest BCUT2D eigenvalue weighted by molar-refractivity contribution is 0.994. The van der Waals surface area contributed by atoms with Crippen molar-refractivity contribution in [3.8, 4) is 0 Å². The Bertz CT molecular complexity index is 636. The first kappa shape index (κ1) is 11.1. The highest BCUT2D eigenvalue weighted by Gasteiger charge is 2.03. The summed E-state index contributed by atoms with van der Waals surface area (Å²) >= 11 is 1.63. The number of rotatable bonds is 4. The lowest BCUT2D eigenvalue weighted by Gasteiger charge is -2.06. The lowest BCUT2D eigenvalue weighted by Crippen LogP contribution is -2.06. The predicted molar refractivity (Wildman–Crippen MR) is 73.8 cm³/mol. The van der Waals surface area contributed by atoms with E-state index in [1.54, 1.807) is 23.9 Å². The molecule has 0 spiro atoms. The second-order valence-corrected chi connectivity index (χ2v) is 4.79. The maximum atomic E-state index is 4.28. The number of anilines is 1. The van der Waals surface area contributed by atoms with Crippen molar-refractivity contribution in [3.63, 3.8) is 0 Å². The van der Waals surface area contributed by atoms with Crippen molar-refractivity contribution in [1.29, 1.82) is 0 Å². The van der Waals surface area contributed by atoms with Gasteiger partial charge in [-0.05, 0) is 29.5 Å². The Morgan fingerprint density at radius 2 is 2.22 bits per heavy atom. The molecule has 3 rings (SSSR count). The Labute approximate surface area is 109 Å². The van der Waals surface area contributed by atoms with Gasteiger partial charge in [0.2, 0.25) is 0 Å². The topological polar surface area (TPSA) is 50.7 Å². The minimum atomic E-state index is 0.841. The Hall–Kier alpha value is -2.01. The highest BCUT2D eigenvalue weighted by molar-refractivity contribution is 7.16. The van der Waals surface area contributed by atoms with Gasteiger partial charge in [-0.2, -0.15) is 0 Å². The number of pyridine rings is 1. The maximum absolute atomic E-state index is 4.28. The number of aromatic nitrogens is 3. The van der Waals surface area contributed by atoms with E-state index in [4.69, 9.17) is 0 Å². The van der Waals surface area contributed by atoms with E-state index >= 15 is 0 Å². The van der Waals surface area contributed by atoms with Gasteiger partial charge >= 0.3 is 0 Å². The summed E-state index contributed by atoms with van der Waals surface area (Å²) in [5.41, 5.74) is 1.22. The molecule has 0 saturated carbocycles. The summed E-state index contributed by atoms with van der Waals surface area (Å²) in [6, 6.07) is 6.08. The van der Waals surface area contributed by atoms with Gasteiger partial charge in [-0.15, -0.1) is 11.3 Å². The van der Waals surface area contributed by atoms with Crippen LogP contribution >= 0.6 is 11.3 Å². The molecule has 0 fully saturated rings.